The van der Waals surface area contributed by atoms with Gasteiger partial charge in [-0.25, -0.2) is 8.42 Å². The lowest BCUT2D eigenvalue weighted by Crippen LogP contribution is -2.36. The molecule has 2 aromatic rings. The molecule has 1 aromatic heterocycles. The fourth-order valence-electron chi connectivity index (χ4n) is 2.03. The highest BCUT2D eigenvalue weighted by molar-refractivity contribution is 7.94. The van der Waals surface area contributed by atoms with Crippen LogP contribution < -0.4 is 4.31 Å². The monoisotopic (exact) mass is 364 g/mol. The Balaban J connectivity index is 2.39. The van der Waals surface area contributed by atoms with Crippen LogP contribution in [0.1, 0.15) is 12.5 Å². The van der Waals surface area contributed by atoms with Crippen LogP contribution >= 0.6 is 11.3 Å². The second-order valence-electron chi connectivity index (χ2n) is 4.75. The number of nitrogens with zero attached hydrogens (tertiary/aromatic N) is 2. The smallest absolute Gasteiger partial charge is 0.326 e. The zero-order chi connectivity index (χ0) is 17.6. The van der Waals surface area contributed by atoms with Crippen molar-refractivity contribution in [3.05, 3.63) is 47.3 Å². The van der Waals surface area contributed by atoms with E-state index in [-0.39, 0.29) is 17.2 Å². The summed E-state index contributed by atoms with van der Waals surface area (Å²) in [5.74, 6) is -0.626. The first-order chi connectivity index (χ1) is 11.5. The molecule has 0 saturated carbocycles. The number of hydrogen-bond acceptors (Lipinski definition) is 6. The molecule has 0 bridgehead atoms. The Morgan fingerprint density at radius 1 is 1.29 bits per heavy atom. The van der Waals surface area contributed by atoms with E-state index in [2.05, 4.69) is 0 Å². The van der Waals surface area contributed by atoms with Crippen molar-refractivity contribution in [3.63, 3.8) is 0 Å². The van der Waals surface area contributed by atoms with Crippen LogP contribution in [0.3, 0.4) is 0 Å². The predicted molar refractivity (Wildman–Crippen MR) is 91.2 cm³/mol. The molecule has 0 aliphatic carbocycles. The molecule has 0 spiro atoms. The van der Waals surface area contributed by atoms with Gasteiger partial charge in [0.2, 0.25) is 0 Å². The lowest BCUT2D eigenvalue weighted by atomic mass is 10.1. The van der Waals surface area contributed by atoms with E-state index in [0.29, 0.717) is 5.69 Å². The minimum absolute atomic E-state index is 0.146. The van der Waals surface area contributed by atoms with E-state index in [1.54, 1.807) is 42.6 Å². The normalized spacial score (nSPS) is 10.8. The van der Waals surface area contributed by atoms with E-state index >= 15 is 0 Å². The van der Waals surface area contributed by atoms with Crippen molar-refractivity contribution in [2.75, 3.05) is 17.5 Å². The Morgan fingerprint density at radius 2 is 2.00 bits per heavy atom. The number of esters is 1. The van der Waals surface area contributed by atoms with Crippen LogP contribution in [0, 0.1) is 11.3 Å². The number of nitriles is 1. The molecule has 1 heterocycles. The van der Waals surface area contributed by atoms with Crippen molar-refractivity contribution in [3.8, 4) is 6.07 Å². The molecular formula is C16H16N2O4S2. The molecule has 0 aliphatic rings. The lowest BCUT2D eigenvalue weighted by Gasteiger charge is -2.23. The molecule has 2 rings (SSSR count). The zero-order valence-corrected chi connectivity index (χ0v) is 14.6. The summed E-state index contributed by atoms with van der Waals surface area (Å²) < 4.78 is 31.7. The van der Waals surface area contributed by atoms with Gasteiger partial charge in [-0.15, -0.1) is 11.3 Å². The number of anilines is 1. The van der Waals surface area contributed by atoms with Gasteiger partial charge >= 0.3 is 5.97 Å². The number of benzene rings is 1. The van der Waals surface area contributed by atoms with E-state index in [9.17, 15) is 13.2 Å². The van der Waals surface area contributed by atoms with Gasteiger partial charge in [-0.1, -0.05) is 18.2 Å². The molecule has 0 atom stereocenters. The number of ether oxygens (including phenoxy) is 1. The highest BCUT2D eigenvalue weighted by Gasteiger charge is 2.28. The molecule has 1 aromatic carbocycles. The van der Waals surface area contributed by atoms with Gasteiger partial charge < -0.3 is 4.74 Å². The Bertz CT molecular complexity index is 822. The molecule has 0 radical (unpaired) electrons. The van der Waals surface area contributed by atoms with Crippen LogP contribution in [0.25, 0.3) is 0 Å². The summed E-state index contributed by atoms with van der Waals surface area (Å²) in [6.45, 7) is 1.42. The quantitative estimate of drug-likeness (QED) is 0.705. The third kappa shape index (κ3) is 4.13. The number of carbonyl (C=O) groups excluding carboxylic acids is 1. The summed E-state index contributed by atoms with van der Waals surface area (Å²) in [6.07, 6.45) is 0.232. The Morgan fingerprint density at radius 3 is 2.54 bits per heavy atom. The molecule has 0 saturated heterocycles. The average Bonchev–Trinajstić information content (AvgIpc) is 3.09. The van der Waals surface area contributed by atoms with Crippen LogP contribution in [0.5, 0.6) is 0 Å². The molecule has 24 heavy (non-hydrogen) atoms. The topological polar surface area (TPSA) is 87.5 Å². The molecule has 0 N–H and O–H groups in total. The second-order valence-corrected chi connectivity index (χ2v) is 7.79. The summed E-state index contributed by atoms with van der Waals surface area (Å²) in [4.78, 5) is 11.8. The van der Waals surface area contributed by atoms with Gasteiger partial charge in [0.15, 0.2) is 0 Å². The maximum absolute atomic E-state index is 12.8. The molecule has 6 nitrogen and oxygen atoms in total. The van der Waals surface area contributed by atoms with Crippen LogP contribution in [0.15, 0.2) is 46.0 Å². The Labute approximate surface area is 145 Å². The standard InChI is InChI=1S/C16H16N2O4S2/c1-2-22-15(19)12-18(24(20,21)16-4-3-11-23-16)14-7-5-13(6-8-14)9-10-17/h3-8,11H,2,9,12H2,1H3. The number of hydrogen-bond donors (Lipinski definition) is 0. The van der Waals surface area contributed by atoms with Gasteiger partial charge in [0.1, 0.15) is 10.8 Å². The fraction of sp³-hybridized carbons (Fsp3) is 0.250. The molecule has 0 amide bonds. The van der Waals surface area contributed by atoms with Crippen molar-refractivity contribution >= 4 is 33.0 Å². The van der Waals surface area contributed by atoms with E-state index in [4.69, 9.17) is 10.00 Å². The maximum atomic E-state index is 12.8. The van der Waals surface area contributed by atoms with Gasteiger partial charge in [-0.2, -0.15) is 5.26 Å². The second kappa shape index (κ2) is 7.95. The zero-order valence-electron chi connectivity index (χ0n) is 13.0. The maximum Gasteiger partial charge on any atom is 0.326 e. The van der Waals surface area contributed by atoms with Gasteiger partial charge in [-0.3, -0.25) is 9.10 Å². The summed E-state index contributed by atoms with van der Waals surface area (Å²) in [6, 6.07) is 11.6. The molecule has 8 heteroatoms. The van der Waals surface area contributed by atoms with E-state index in [0.717, 1.165) is 21.2 Å². The van der Waals surface area contributed by atoms with Crippen molar-refractivity contribution in [1.82, 2.24) is 0 Å². The van der Waals surface area contributed by atoms with Crippen LogP contribution in [0.4, 0.5) is 5.69 Å². The van der Waals surface area contributed by atoms with Crippen molar-refractivity contribution in [1.29, 1.82) is 5.26 Å². The van der Waals surface area contributed by atoms with Crippen molar-refractivity contribution in [2.24, 2.45) is 0 Å². The largest absolute Gasteiger partial charge is 0.465 e. The van der Waals surface area contributed by atoms with Gasteiger partial charge in [0, 0.05) is 0 Å². The third-order valence-corrected chi connectivity index (χ3v) is 6.27. The molecule has 0 fully saturated rings. The highest BCUT2D eigenvalue weighted by atomic mass is 32.2. The van der Waals surface area contributed by atoms with Gasteiger partial charge in [0.25, 0.3) is 10.0 Å². The Kier molecular flexibility index (Phi) is 5.95. The average molecular weight is 364 g/mol. The number of carbonyl (C=O) groups is 1. The number of rotatable bonds is 7. The minimum atomic E-state index is -3.86. The molecule has 0 unspecified atom stereocenters. The van der Waals surface area contributed by atoms with E-state index in [1.807, 2.05) is 6.07 Å². The highest BCUT2D eigenvalue weighted by Crippen LogP contribution is 2.26. The van der Waals surface area contributed by atoms with E-state index < -0.39 is 22.5 Å². The van der Waals surface area contributed by atoms with Gasteiger partial charge in [0.05, 0.1) is 24.8 Å². The fourth-order valence-corrected chi connectivity index (χ4v) is 4.54. The first-order valence-corrected chi connectivity index (χ1v) is 9.48. The number of thiophene rings is 1. The number of sulfonamides is 1. The van der Waals surface area contributed by atoms with Crippen LogP contribution in [0.2, 0.25) is 0 Å². The first kappa shape index (κ1) is 18.0. The molecular weight excluding hydrogens is 348 g/mol. The molecule has 0 aliphatic heterocycles. The van der Waals surface area contributed by atoms with Crippen molar-refractivity contribution < 1.29 is 17.9 Å². The minimum Gasteiger partial charge on any atom is -0.465 e. The molecule has 126 valence electrons. The summed E-state index contributed by atoms with van der Waals surface area (Å²) in [5.41, 5.74) is 1.11. The predicted octanol–water partition coefficient (Wildman–Crippen LogP) is 2.57. The third-order valence-electron chi connectivity index (χ3n) is 3.12. The van der Waals surface area contributed by atoms with Crippen LogP contribution in [-0.4, -0.2) is 27.5 Å². The lowest BCUT2D eigenvalue weighted by molar-refractivity contribution is -0.141. The van der Waals surface area contributed by atoms with Gasteiger partial charge in [-0.05, 0) is 36.1 Å². The Hall–Kier alpha value is -2.37. The summed E-state index contributed by atoms with van der Waals surface area (Å²) in [5, 5.41) is 10.4. The van der Waals surface area contributed by atoms with Crippen LogP contribution in [-0.2, 0) is 26.0 Å². The summed E-state index contributed by atoms with van der Waals surface area (Å²) in [7, 11) is -3.86. The van der Waals surface area contributed by atoms with E-state index in [1.165, 1.54) is 6.07 Å². The SMILES string of the molecule is CCOC(=O)CN(c1ccc(CC#N)cc1)S(=O)(=O)c1cccs1. The summed E-state index contributed by atoms with van der Waals surface area (Å²) >= 11 is 1.08. The van der Waals surface area contributed by atoms with Crippen molar-refractivity contribution in [2.45, 2.75) is 17.6 Å². The first-order valence-electron chi connectivity index (χ1n) is 7.16.